The van der Waals surface area contributed by atoms with Crippen molar-refractivity contribution < 1.29 is 14.6 Å². The van der Waals surface area contributed by atoms with Crippen LogP contribution in [0.5, 0.6) is 5.75 Å². The number of nitrogens with one attached hydrogen (secondary N) is 1. The van der Waals surface area contributed by atoms with E-state index in [4.69, 9.17) is 9.84 Å². The average Bonchev–Trinajstić information content (AvgIpc) is 2.37. The molecule has 0 fully saturated rings. The first-order valence-corrected chi connectivity index (χ1v) is 6.60. The Morgan fingerprint density at radius 1 is 1.32 bits per heavy atom. The van der Waals surface area contributed by atoms with Crippen molar-refractivity contribution >= 4 is 5.91 Å². The summed E-state index contributed by atoms with van der Waals surface area (Å²) in [5.74, 6) is 0.661. The molecule has 0 saturated carbocycles. The van der Waals surface area contributed by atoms with E-state index in [1.54, 1.807) is 24.3 Å². The van der Waals surface area contributed by atoms with Gasteiger partial charge < -0.3 is 15.2 Å². The largest absolute Gasteiger partial charge is 0.494 e. The highest BCUT2D eigenvalue weighted by molar-refractivity contribution is 5.94. The maximum Gasteiger partial charge on any atom is 0.251 e. The first-order valence-electron chi connectivity index (χ1n) is 6.60. The van der Waals surface area contributed by atoms with Crippen LogP contribution in [0.1, 0.15) is 37.6 Å². The lowest BCUT2D eigenvalue weighted by molar-refractivity contribution is 0.0928. The zero-order valence-electron chi connectivity index (χ0n) is 11.9. The molecule has 1 aromatic carbocycles. The summed E-state index contributed by atoms with van der Waals surface area (Å²) in [6.45, 7) is 7.24. The summed E-state index contributed by atoms with van der Waals surface area (Å²) in [5, 5.41) is 11.8. The summed E-state index contributed by atoms with van der Waals surface area (Å²) in [4.78, 5) is 12.0. The number of hydrogen-bond donors (Lipinski definition) is 2. The molecule has 0 atom stereocenters. The molecule has 4 heteroatoms. The highest BCUT2D eigenvalue weighted by Gasteiger charge is 2.18. The van der Waals surface area contributed by atoms with Gasteiger partial charge in [0.05, 0.1) is 6.61 Å². The quantitative estimate of drug-likeness (QED) is 0.794. The van der Waals surface area contributed by atoms with Crippen molar-refractivity contribution in [1.29, 1.82) is 0 Å². The topological polar surface area (TPSA) is 58.6 Å². The minimum atomic E-state index is -0.103. The fourth-order valence-corrected chi connectivity index (χ4v) is 1.68. The van der Waals surface area contributed by atoms with Crippen molar-refractivity contribution in [2.45, 2.75) is 27.2 Å². The van der Waals surface area contributed by atoms with Gasteiger partial charge in [-0.25, -0.2) is 0 Å². The van der Waals surface area contributed by atoms with Crippen molar-refractivity contribution in [2.75, 3.05) is 19.8 Å². The maximum absolute atomic E-state index is 12.0. The van der Waals surface area contributed by atoms with Crippen LogP contribution in [-0.4, -0.2) is 30.8 Å². The highest BCUT2D eigenvalue weighted by atomic mass is 16.5. The zero-order chi connectivity index (χ0) is 14.3. The number of ether oxygens (including phenoxy) is 1. The fraction of sp³-hybridized carbons (Fsp3) is 0.533. The van der Waals surface area contributed by atoms with E-state index in [-0.39, 0.29) is 17.9 Å². The third-order valence-electron chi connectivity index (χ3n) is 2.94. The van der Waals surface area contributed by atoms with E-state index in [1.807, 2.05) is 20.8 Å². The molecule has 4 nitrogen and oxygen atoms in total. The normalized spacial score (nSPS) is 11.2. The Labute approximate surface area is 114 Å². The van der Waals surface area contributed by atoms with E-state index in [1.165, 1.54) is 0 Å². The molecule has 0 heterocycles. The van der Waals surface area contributed by atoms with E-state index >= 15 is 0 Å². The summed E-state index contributed by atoms with van der Waals surface area (Å²) in [6, 6.07) is 7.08. The smallest absolute Gasteiger partial charge is 0.251 e. The van der Waals surface area contributed by atoms with Gasteiger partial charge in [0.15, 0.2) is 0 Å². The second-order valence-electron chi connectivity index (χ2n) is 5.28. The molecule has 19 heavy (non-hydrogen) atoms. The number of amides is 1. The summed E-state index contributed by atoms with van der Waals surface area (Å²) in [5.41, 5.74) is 0.513. The molecular weight excluding hydrogens is 242 g/mol. The zero-order valence-corrected chi connectivity index (χ0v) is 11.9. The Balaban J connectivity index is 2.53. The number of hydrogen-bond acceptors (Lipinski definition) is 3. The second-order valence-corrected chi connectivity index (χ2v) is 5.28. The van der Waals surface area contributed by atoms with E-state index in [2.05, 4.69) is 5.32 Å². The SMILES string of the molecule is CCOc1ccc(C(=O)NCC(C)(C)CCO)cc1. The summed E-state index contributed by atoms with van der Waals surface area (Å²) >= 11 is 0. The highest BCUT2D eigenvalue weighted by Crippen LogP contribution is 2.18. The van der Waals surface area contributed by atoms with Crippen molar-refractivity contribution in [3.63, 3.8) is 0 Å². The molecule has 106 valence electrons. The molecule has 0 aromatic heterocycles. The maximum atomic E-state index is 12.0. The van der Waals surface area contributed by atoms with Crippen LogP contribution < -0.4 is 10.1 Å². The van der Waals surface area contributed by atoms with E-state index in [0.717, 1.165) is 5.75 Å². The first kappa shape index (κ1) is 15.5. The average molecular weight is 265 g/mol. The van der Waals surface area contributed by atoms with E-state index in [9.17, 15) is 4.79 Å². The van der Waals surface area contributed by atoms with Crippen molar-refractivity contribution in [3.05, 3.63) is 29.8 Å². The first-order chi connectivity index (χ1) is 8.98. The molecule has 1 amide bonds. The van der Waals surface area contributed by atoms with Gasteiger partial charge in [-0.05, 0) is 43.0 Å². The number of carbonyl (C=O) groups excluding carboxylic acids is 1. The molecule has 0 unspecified atom stereocenters. The molecule has 0 radical (unpaired) electrons. The number of aliphatic hydroxyl groups is 1. The lowest BCUT2D eigenvalue weighted by Gasteiger charge is -2.23. The summed E-state index contributed by atoms with van der Waals surface area (Å²) in [6.07, 6.45) is 0.663. The van der Waals surface area contributed by atoms with Crippen LogP contribution in [0.4, 0.5) is 0 Å². The predicted molar refractivity (Wildman–Crippen MR) is 75.4 cm³/mol. The number of rotatable bonds is 7. The molecule has 1 aromatic rings. The summed E-state index contributed by atoms with van der Waals surface area (Å²) in [7, 11) is 0. The van der Waals surface area contributed by atoms with E-state index in [0.29, 0.717) is 25.1 Å². The minimum absolute atomic E-state index is 0.102. The third-order valence-corrected chi connectivity index (χ3v) is 2.94. The van der Waals surface area contributed by atoms with Crippen molar-refractivity contribution in [2.24, 2.45) is 5.41 Å². The van der Waals surface area contributed by atoms with Gasteiger partial charge in [0.1, 0.15) is 5.75 Å². The Hall–Kier alpha value is -1.55. The molecule has 1 rings (SSSR count). The number of aliphatic hydroxyl groups excluding tert-OH is 1. The molecule has 0 saturated heterocycles. The van der Waals surface area contributed by atoms with E-state index < -0.39 is 0 Å². The van der Waals surface area contributed by atoms with Crippen LogP contribution in [0.25, 0.3) is 0 Å². The summed E-state index contributed by atoms with van der Waals surface area (Å²) < 4.78 is 5.33. The molecule has 0 aliphatic carbocycles. The number of benzene rings is 1. The lowest BCUT2D eigenvalue weighted by Crippen LogP contribution is -2.34. The van der Waals surface area contributed by atoms with Gasteiger partial charge in [0, 0.05) is 18.7 Å². The van der Waals surface area contributed by atoms with Crippen molar-refractivity contribution in [3.8, 4) is 5.75 Å². The van der Waals surface area contributed by atoms with Gasteiger partial charge in [0.2, 0.25) is 0 Å². The van der Waals surface area contributed by atoms with Crippen LogP contribution in [-0.2, 0) is 0 Å². The van der Waals surface area contributed by atoms with Crippen LogP contribution in [0.3, 0.4) is 0 Å². The van der Waals surface area contributed by atoms with Gasteiger partial charge in [-0.15, -0.1) is 0 Å². The van der Waals surface area contributed by atoms with Crippen LogP contribution >= 0.6 is 0 Å². The van der Waals surface area contributed by atoms with Crippen molar-refractivity contribution in [1.82, 2.24) is 5.32 Å². The Morgan fingerprint density at radius 3 is 2.47 bits per heavy atom. The minimum Gasteiger partial charge on any atom is -0.494 e. The Bertz CT molecular complexity index is 398. The fourth-order valence-electron chi connectivity index (χ4n) is 1.68. The predicted octanol–water partition coefficient (Wildman–Crippen LogP) is 2.22. The molecule has 0 aliphatic heterocycles. The Kier molecular flexibility index (Phi) is 5.83. The monoisotopic (exact) mass is 265 g/mol. The van der Waals surface area contributed by atoms with Gasteiger partial charge >= 0.3 is 0 Å². The van der Waals surface area contributed by atoms with Crippen LogP contribution in [0.15, 0.2) is 24.3 Å². The molecule has 0 aliphatic rings. The molecule has 2 N–H and O–H groups in total. The third kappa shape index (κ3) is 5.30. The standard InChI is InChI=1S/C15H23NO3/c1-4-19-13-7-5-12(6-8-13)14(18)16-11-15(2,3)9-10-17/h5-8,17H,4,9-11H2,1-3H3,(H,16,18). The molecule has 0 bridgehead atoms. The molecule has 0 spiro atoms. The number of carbonyl (C=O) groups is 1. The molecular formula is C15H23NO3. The second kappa shape index (κ2) is 7.14. The van der Waals surface area contributed by atoms with Gasteiger partial charge in [-0.3, -0.25) is 4.79 Å². The van der Waals surface area contributed by atoms with Gasteiger partial charge in [-0.2, -0.15) is 0 Å². The van der Waals surface area contributed by atoms with Gasteiger partial charge in [-0.1, -0.05) is 13.8 Å². The lowest BCUT2D eigenvalue weighted by atomic mass is 9.89. The van der Waals surface area contributed by atoms with Crippen LogP contribution in [0, 0.1) is 5.41 Å². The Morgan fingerprint density at radius 2 is 1.95 bits per heavy atom. The van der Waals surface area contributed by atoms with Gasteiger partial charge in [0.25, 0.3) is 5.91 Å². The van der Waals surface area contributed by atoms with Crippen LogP contribution in [0.2, 0.25) is 0 Å².